The van der Waals surface area contributed by atoms with Crippen LogP contribution in [-0.4, -0.2) is 5.24 Å². The Kier molecular flexibility index (Phi) is 3.85. The summed E-state index contributed by atoms with van der Waals surface area (Å²) in [6.07, 6.45) is 0. The average molecular weight is 272 g/mol. The summed E-state index contributed by atoms with van der Waals surface area (Å²) in [6.45, 7) is 0. The van der Waals surface area contributed by atoms with Gasteiger partial charge in [-0.15, -0.1) is 0 Å². The molecule has 2 rings (SSSR count). The van der Waals surface area contributed by atoms with Crippen LogP contribution in [0.4, 0.5) is 0 Å². The lowest BCUT2D eigenvalue weighted by Gasteiger charge is -2.25. The number of hydrogen-bond donors (Lipinski definition) is 0. The summed E-state index contributed by atoms with van der Waals surface area (Å²) in [5.41, 5.74) is 8.37. The Bertz CT molecular complexity index is 578. The zero-order valence-corrected chi connectivity index (χ0v) is 10.7. The molecule has 0 spiro atoms. The van der Waals surface area contributed by atoms with Crippen molar-refractivity contribution in [3.05, 3.63) is 82.2 Å². The van der Waals surface area contributed by atoms with E-state index in [1.54, 1.807) is 48.5 Å². The van der Waals surface area contributed by atoms with E-state index in [1.807, 2.05) is 12.1 Å². The van der Waals surface area contributed by atoms with Gasteiger partial charge in [-0.25, -0.2) is 0 Å². The summed E-state index contributed by atoms with van der Waals surface area (Å²) in [7, 11) is 0. The molecule has 4 nitrogen and oxygen atoms in total. The van der Waals surface area contributed by atoms with E-state index in [0.717, 1.165) is 0 Å². The highest BCUT2D eigenvalue weighted by Crippen LogP contribution is 2.36. The number of halogens is 1. The Hall–Kier alpha value is -2.29. The van der Waals surface area contributed by atoms with Gasteiger partial charge >= 0.3 is 0 Å². The minimum absolute atomic E-state index is 0.541. The molecule has 0 radical (unpaired) electrons. The summed E-state index contributed by atoms with van der Waals surface area (Å²) in [5.74, 6) is 0. The molecule has 0 bridgehead atoms. The van der Waals surface area contributed by atoms with Crippen LogP contribution in [0.1, 0.15) is 11.1 Å². The van der Waals surface area contributed by atoms with Crippen molar-refractivity contribution in [1.82, 2.24) is 0 Å². The molecule has 0 atom stereocenters. The van der Waals surface area contributed by atoms with Crippen LogP contribution in [-0.2, 0) is 10.3 Å². The predicted molar refractivity (Wildman–Crippen MR) is 73.7 cm³/mol. The molecule has 0 aromatic heterocycles. The highest BCUT2D eigenvalue weighted by atomic mass is 35.5. The molecule has 0 aliphatic carbocycles. The van der Waals surface area contributed by atoms with Crippen molar-refractivity contribution < 1.29 is 4.79 Å². The first-order valence-corrected chi connectivity index (χ1v) is 5.97. The maximum Gasteiger partial charge on any atom is 0.242 e. The number of nitrogens with zero attached hydrogens (tertiary/aromatic N) is 3. The minimum atomic E-state index is -1.53. The van der Waals surface area contributed by atoms with Crippen LogP contribution in [0.25, 0.3) is 10.4 Å². The molecule has 0 saturated carbocycles. The molecule has 0 N–H and O–H groups in total. The second kappa shape index (κ2) is 5.57. The standard InChI is InChI=1S/C14H10ClN3O/c15-13(19)14(17-18-16,11-7-3-1-4-8-11)12-9-5-2-6-10-12/h1-10H. The molecule has 2 aromatic rings. The van der Waals surface area contributed by atoms with E-state index in [1.165, 1.54) is 0 Å². The van der Waals surface area contributed by atoms with Crippen molar-refractivity contribution in [3.63, 3.8) is 0 Å². The highest BCUT2D eigenvalue weighted by molar-refractivity contribution is 6.66. The fourth-order valence-electron chi connectivity index (χ4n) is 1.97. The van der Waals surface area contributed by atoms with Gasteiger partial charge in [-0.1, -0.05) is 65.8 Å². The molecule has 0 aliphatic heterocycles. The quantitative estimate of drug-likeness (QED) is 0.359. The lowest BCUT2D eigenvalue weighted by Crippen LogP contribution is -2.31. The van der Waals surface area contributed by atoms with Gasteiger partial charge in [0.1, 0.15) is 0 Å². The molecule has 94 valence electrons. The largest absolute Gasteiger partial charge is 0.280 e. The first-order chi connectivity index (χ1) is 9.21. The summed E-state index contributed by atoms with van der Waals surface area (Å²) in [4.78, 5) is 14.8. The van der Waals surface area contributed by atoms with Crippen LogP contribution in [0.5, 0.6) is 0 Å². The van der Waals surface area contributed by atoms with Crippen LogP contribution >= 0.6 is 11.6 Å². The van der Waals surface area contributed by atoms with E-state index in [-0.39, 0.29) is 0 Å². The van der Waals surface area contributed by atoms with E-state index in [0.29, 0.717) is 11.1 Å². The highest BCUT2D eigenvalue weighted by Gasteiger charge is 2.40. The van der Waals surface area contributed by atoms with Gasteiger partial charge in [0.05, 0.1) is 0 Å². The third-order valence-corrected chi connectivity index (χ3v) is 3.14. The van der Waals surface area contributed by atoms with Gasteiger partial charge < -0.3 is 0 Å². The van der Waals surface area contributed by atoms with Gasteiger partial charge in [-0.3, -0.25) is 4.79 Å². The molecule has 2 aromatic carbocycles. The molecule has 0 amide bonds. The second-order valence-electron chi connectivity index (χ2n) is 3.91. The minimum Gasteiger partial charge on any atom is -0.280 e. The summed E-state index contributed by atoms with van der Waals surface area (Å²) >= 11 is 5.74. The molecule has 0 heterocycles. The topological polar surface area (TPSA) is 65.8 Å². The first kappa shape index (κ1) is 13.1. The van der Waals surface area contributed by atoms with E-state index >= 15 is 0 Å². The third-order valence-electron chi connectivity index (χ3n) is 2.86. The Morgan fingerprint density at radius 1 is 1.00 bits per heavy atom. The SMILES string of the molecule is [N-]=[N+]=NC(C(=O)Cl)(c1ccccc1)c1ccccc1. The van der Waals surface area contributed by atoms with Crippen LogP contribution in [0, 0.1) is 0 Å². The van der Waals surface area contributed by atoms with Crippen LogP contribution < -0.4 is 0 Å². The number of benzene rings is 2. The van der Waals surface area contributed by atoms with Crippen LogP contribution in [0.3, 0.4) is 0 Å². The van der Waals surface area contributed by atoms with Gasteiger partial charge in [0.25, 0.3) is 0 Å². The second-order valence-corrected chi connectivity index (χ2v) is 4.25. The lowest BCUT2D eigenvalue weighted by molar-refractivity contribution is -0.115. The molecule has 0 aliphatic rings. The number of hydrogen-bond acceptors (Lipinski definition) is 2. The van der Waals surface area contributed by atoms with E-state index in [4.69, 9.17) is 17.1 Å². The monoisotopic (exact) mass is 271 g/mol. The Morgan fingerprint density at radius 3 is 1.74 bits per heavy atom. The molecule has 0 unspecified atom stereocenters. The Morgan fingerprint density at radius 2 is 1.42 bits per heavy atom. The lowest BCUT2D eigenvalue weighted by atomic mass is 9.85. The Balaban J connectivity index is 2.76. The van der Waals surface area contributed by atoms with Gasteiger partial charge in [0.15, 0.2) is 5.54 Å². The predicted octanol–water partition coefficient (Wildman–Crippen LogP) is 4.01. The van der Waals surface area contributed by atoms with Crippen molar-refractivity contribution in [2.24, 2.45) is 5.11 Å². The first-order valence-electron chi connectivity index (χ1n) is 5.59. The van der Waals surface area contributed by atoms with Crippen molar-refractivity contribution in [1.29, 1.82) is 0 Å². The summed E-state index contributed by atoms with van der Waals surface area (Å²) < 4.78 is 0. The number of rotatable bonds is 4. The Labute approximate surface area is 115 Å². The number of carbonyl (C=O) groups excluding carboxylic acids is 1. The number of azide groups is 1. The summed E-state index contributed by atoms with van der Waals surface area (Å²) in [5, 5.41) is 2.96. The molecule has 0 saturated heterocycles. The van der Waals surface area contributed by atoms with Crippen molar-refractivity contribution in [2.75, 3.05) is 0 Å². The van der Waals surface area contributed by atoms with E-state index in [2.05, 4.69) is 10.0 Å². The fraction of sp³-hybridized carbons (Fsp3) is 0.0714. The molecule has 19 heavy (non-hydrogen) atoms. The van der Waals surface area contributed by atoms with Gasteiger partial charge in [0, 0.05) is 4.91 Å². The molecular formula is C14H10ClN3O. The normalized spacial score (nSPS) is 10.6. The zero-order chi connectivity index (χ0) is 13.7. The van der Waals surface area contributed by atoms with Gasteiger partial charge in [-0.05, 0) is 28.3 Å². The summed E-state index contributed by atoms with van der Waals surface area (Å²) in [6, 6.07) is 17.5. The fourth-order valence-corrected chi connectivity index (χ4v) is 2.23. The third kappa shape index (κ3) is 2.32. The van der Waals surface area contributed by atoms with Gasteiger partial charge in [-0.2, -0.15) is 0 Å². The van der Waals surface area contributed by atoms with Crippen molar-refractivity contribution in [3.8, 4) is 0 Å². The maximum absolute atomic E-state index is 12.0. The van der Waals surface area contributed by atoms with Crippen molar-refractivity contribution >= 4 is 16.8 Å². The van der Waals surface area contributed by atoms with Crippen LogP contribution in [0.15, 0.2) is 65.8 Å². The van der Waals surface area contributed by atoms with E-state index < -0.39 is 10.8 Å². The maximum atomic E-state index is 12.0. The molecule has 5 heteroatoms. The smallest absolute Gasteiger partial charge is 0.242 e. The van der Waals surface area contributed by atoms with E-state index in [9.17, 15) is 4.79 Å². The average Bonchev–Trinajstić information content (AvgIpc) is 2.46. The molecule has 0 fully saturated rings. The van der Waals surface area contributed by atoms with Crippen molar-refractivity contribution in [2.45, 2.75) is 5.54 Å². The van der Waals surface area contributed by atoms with Gasteiger partial charge in [0.2, 0.25) is 5.24 Å². The number of carbonyl (C=O) groups is 1. The van der Waals surface area contributed by atoms with Crippen LogP contribution in [0.2, 0.25) is 0 Å². The zero-order valence-electron chi connectivity index (χ0n) is 9.90. The molecular weight excluding hydrogens is 262 g/mol.